The van der Waals surface area contributed by atoms with Crippen LogP contribution in [0.1, 0.15) is 49.2 Å². The van der Waals surface area contributed by atoms with E-state index in [1.807, 2.05) is 0 Å². The Hall–Kier alpha value is 0.0900. The Labute approximate surface area is 140 Å². The fourth-order valence-electron chi connectivity index (χ4n) is 2.36. The summed E-state index contributed by atoms with van der Waals surface area (Å²) in [6.45, 7) is 4.78. The SMILES string of the molecule is CC1(C)CCC(O)(CNC(=O)c2cc(Br)c(Br)s2)CC1. The molecule has 112 valence electrons. The summed E-state index contributed by atoms with van der Waals surface area (Å²) in [7, 11) is 0. The lowest BCUT2D eigenvalue weighted by molar-refractivity contribution is -0.0232. The van der Waals surface area contributed by atoms with Gasteiger partial charge in [-0.05, 0) is 69.0 Å². The lowest BCUT2D eigenvalue weighted by Gasteiger charge is -2.40. The fourth-order valence-corrected chi connectivity index (χ4v) is 4.31. The van der Waals surface area contributed by atoms with Gasteiger partial charge in [0.25, 0.3) is 5.91 Å². The molecule has 0 radical (unpaired) electrons. The van der Waals surface area contributed by atoms with Crippen LogP contribution in [0.4, 0.5) is 0 Å². The van der Waals surface area contributed by atoms with E-state index in [0.29, 0.717) is 16.8 Å². The molecule has 0 saturated heterocycles. The van der Waals surface area contributed by atoms with Crippen molar-refractivity contribution in [3.05, 3.63) is 19.2 Å². The van der Waals surface area contributed by atoms with Crippen molar-refractivity contribution in [2.45, 2.75) is 45.1 Å². The molecule has 0 aromatic carbocycles. The van der Waals surface area contributed by atoms with E-state index in [1.54, 1.807) is 6.07 Å². The number of hydrogen-bond donors (Lipinski definition) is 2. The Morgan fingerprint density at radius 3 is 2.45 bits per heavy atom. The van der Waals surface area contributed by atoms with Crippen LogP contribution in [-0.4, -0.2) is 23.2 Å². The first-order valence-corrected chi connectivity index (χ1v) is 9.07. The van der Waals surface area contributed by atoms with E-state index >= 15 is 0 Å². The molecular weight excluding hydrogens is 406 g/mol. The molecule has 1 aromatic rings. The third-order valence-corrected chi connectivity index (χ3v) is 7.24. The van der Waals surface area contributed by atoms with Gasteiger partial charge >= 0.3 is 0 Å². The lowest BCUT2D eigenvalue weighted by atomic mass is 9.71. The van der Waals surface area contributed by atoms with E-state index < -0.39 is 5.60 Å². The molecule has 0 atom stereocenters. The van der Waals surface area contributed by atoms with Crippen molar-refractivity contribution in [1.29, 1.82) is 0 Å². The molecule has 0 bridgehead atoms. The molecule has 1 heterocycles. The van der Waals surface area contributed by atoms with Crippen LogP contribution in [0.5, 0.6) is 0 Å². The molecule has 1 fully saturated rings. The van der Waals surface area contributed by atoms with Crippen LogP contribution in [0.2, 0.25) is 0 Å². The molecule has 20 heavy (non-hydrogen) atoms. The molecular formula is C14H19Br2NO2S. The van der Waals surface area contributed by atoms with Gasteiger partial charge in [-0.25, -0.2) is 0 Å². The number of hydrogen-bond acceptors (Lipinski definition) is 3. The first-order valence-electron chi connectivity index (χ1n) is 6.66. The number of thiophene rings is 1. The predicted molar refractivity (Wildman–Crippen MR) is 89.3 cm³/mol. The predicted octanol–water partition coefficient (Wildman–Crippen LogP) is 4.33. The maximum Gasteiger partial charge on any atom is 0.261 e. The summed E-state index contributed by atoms with van der Waals surface area (Å²) in [5.74, 6) is -0.125. The Morgan fingerprint density at radius 2 is 1.95 bits per heavy atom. The van der Waals surface area contributed by atoms with Crippen molar-refractivity contribution in [3.8, 4) is 0 Å². The highest BCUT2D eigenvalue weighted by atomic mass is 79.9. The highest BCUT2D eigenvalue weighted by Gasteiger charge is 2.36. The van der Waals surface area contributed by atoms with Crippen molar-refractivity contribution in [2.24, 2.45) is 5.41 Å². The van der Waals surface area contributed by atoms with Crippen molar-refractivity contribution >= 4 is 49.1 Å². The Bertz CT molecular complexity index is 484. The van der Waals surface area contributed by atoms with Gasteiger partial charge in [0, 0.05) is 11.0 Å². The largest absolute Gasteiger partial charge is 0.388 e. The second-order valence-electron chi connectivity index (χ2n) is 6.30. The smallest absolute Gasteiger partial charge is 0.261 e. The zero-order chi connectivity index (χ0) is 15.0. The highest BCUT2D eigenvalue weighted by Crippen LogP contribution is 2.40. The molecule has 2 N–H and O–H groups in total. The Morgan fingerprint density at radius 1 is 1.35 bits per heavy atom. The normalized spacial score (nSPS) is 20.6. The van der Waals surface area contributed by atoms with Crippen LogP contribution in [0, 0.1) is 5.41 Å². The quantitative estimate of drug-likeness (QED) is 0.758. The molecule has 6 heteroatoms. The van der Waals surface area contributed by atoms with Crippen LogP contribution in [-0.2, 0) is 0 Å². The molecule has 1 aliphatic carbocycles. The zero-order valence-electron chi connectivity index (χ0n) is 11.6. The minimum atomic E-state index is -0.753. The topological polar surface area (TPSA) is 49.3 Å². The van der Waals surface area contributed by atoms with E-state index in [1.165, 1.54) is 11.3 Å². The molecule has 1 aromatic heterocycles. The summed E-state index contributed by atoms with van der Waals surface area (Å²) in [6.07, 6.45) is 3.49. The molecule has 1 saturated carbocycles. The van der Waals surface area contributed by atoms with Crippen LogP contribution >= 0.6 is 43.2 Å². The van der Waals surface area contributed by atoms with Crippen LogP contribution in [0.15, 0.2) is 14.3 Å². The molecule has 0 aliphatic heterocycles. The summed E-state index contributed by atoms with van der Waals surface area (Å²) in [4.78, 5) is 12.7. The van der Waals surface area contributed by atoms with Gasteiger partial charge in [-0.2, -0.15) is 0 Å². The third kappa shape index (κ3) is 4.06. The Kier molecular flexibility index (Phi) is 4.99. The average Bonchev–Trinajstić information content (AvgIpc) is 2.71. The van der Waals surface area contributed by atoms with E-state index in [2.05, 4.69) is 51.0 Å². The summed E-state index contributed by atoms with van der Waals surface area (Å²) in [5.41, 5.74) is -0.448. The molecule has 3 nitrogen and oxygen atoms in total. The third-order valence-electron chi connectivity index (χ3n) is 3.98. The first-order chi connectivity index (χ1) is 9.21. The number of rotatable bonds is 3. The van der Waals surface area contributed by atoms with Gasteiger partial charge in [0.15, 0.2) is 0 Å². The second-order valence-corrected chi connectivity index (χ2v) is 9.53. The maximum atomic E-state index is 12.1. The van der Waals surface area contributed by atoms with Crippen LogP contribution in [0.25, 0.3) is 0 Å². The van der Waals surface area contributed by atoms with E-state index in [9.17, 15) is 9.90 Å². The van der Waals surface area contributed by atoms with Crippen molar-refractivity contribution < 1.29 is 9.90 Å². The number of carbonyl (C=O) groups is 1. The van der Waals surface area contributed by atoms with Crippen molar-refractivity contribution in [3.63, 3.8) is 0 Å². The highest BCUT2D eigenvalue weighted by molar-refractivity contribution is 9.13. The minimum absolute atomic E-state index is 0.125. The summed E-state index contributed by atoms with van der Waals surface area (Å²) in [6, 6.07) is 1.79. The Balaban J connectivity index is 1.90. The summed E-state index contributed by atoms with van der Waals surface area (Å²) < 4.78 is 1.78. The van der Waals surface area contributed by atoms with E-state index in [4.69, 9.17) is 0 Å². The average molecular weight is 425 g/mol. The van der Waals surface area contributed by atoms with Crippen LogP contribution < -0.4 is 5.32 Å². The van der Waals surface area contributed by atoms with Crippen molar-refractivity contribution in [2.75, 3.05) is 6.54 Å². The van der Waals surface area contributed by atoms with Gasteiger partial charge in [0.05, 0.1) is 14.3 Å². The standard InChI is InChI=1S/C14H19Br2NO2S/c1-13(2)3-5-14(19,6-4-13)8-17-12(18)10-7-9(15)11(16)20-10/h7,19H,3-6,8H2,1-2H3,(H,17,18). The molecule has 0 spiro atoms. The number of amides is 1. The van der Waals surface area contributed by atoms with E-state index in [0.717, 1.165) is 33.9 Å². The second kappa shape index (κ2) is 6.07. The first kappa shape index (κ1) is 16.5. The van der Waals surface area contributed by atoms with Gasteiger partial charge in [-0.15, -0.1) is 11.3 Å². The number of nitrogens with one attached hydrogen (secondary N) is 1. The fraction of sp³-hybridized carbons (Fsp3) is 0.643. The molecule has 1 aliphatic rings. The van der Waals surface area contributed by atoms with Crippen molar-refractivity contribution in [1.82, 2.24) is 5.32 Å². The monoisotopic (exact) mass is 423 g/mol. The number of aliphatic hydroxyl groups is 1. The lowest BCUT2D eigenvalue weighted by Crippen LogP contribution is -2.46. The van der Waals surface area contributed by atoms with Gasteiger partial charge in [-0.1, -0.05) is 13.8 Å². The number of carbonyl (C=O) groups excluding carboxylic acids is 1. The van der Waals surface area contributed by atoms with E-state index in [-0.39, 0.29) is 5.91 Å². The van der Waals surface area contributed by atoms with Crippen LogP contribution in [0.3, 0.4) is 0 Å². The molecule has 0 unspecified atom stereocenters. The van der Waals surface area contributed by atoms with Gasteiger partial charge < -0.3 is 10.4 Å². The maximum absolute atomic E-state index is 12.1. The van der Waals surface area contributed by atoms with Gasteiger partial charge in [0.1, 0.15) is 0 Å². The minimum Gasteiger partial charge on any atom is -0.388 e. The summed E-state index contributed by atoms with van der Waals surface area (Å²) >= 11 is 8.13. The molecule has 2 rings (SSSR count). The molecule has 1 amide bonds. The van der Waals surface area contributed by atoms with Gasteiger partial charge in [0.2, 0.25) is 0 Å². The zero-order valence-corrected chi connectivity index (χ0v) is 15.6. The van der Waals surface area contributed by atoms with Gasteiger partial charge in [-0.3, -0.25) is 4.79 Å². The number of halogens is 2. The summed E-state index contributed by atoms with van der Waals surface area (Å²) in [5, 5.41) is 13.4.